The normalized spacial score (nSPS) is 14.6. The Bertz CT molecular complexity index is 1100. The molecule has 0 radical (unpaired) electrons. The molecule has 3 heterocycles. The standard InChI is InChI=1S/C20H17N3O6S/c1-11(12-2-4-14-16(6-12)27-9-25-14)21-18(24)8-30-20-23-22-19(29-20)13-3-5-15-17(7-13)28-10-26-15/h2-7,11H,8-10H2,1H3,(H,21,24). The number of fused-ring (bicyclic) bond motifs is 2. The lowest BCUT2D eigenvalue weighted by molar-refractivity contribution is -0.119. The Labute approximate surface area is 175 Å². The number of carbonyl (C=O) groups is 1. The van der Waals surface area contributed by atoms with Gasteiger partial charge >= 0.3 is 0 Å². The molecule has 0 fully saturated rings. The Morgan fingerprint density at radius 3 is 2.50 bits per heavy atom. The van der Waals surface area contributed by atoms with Crippen molar-refractivity contribution in [3.05, 3.63) is 42.0 Å². The van der Waals surface area contributed by atoms with Crippen molar-refractivity contribution in [3.8, 4) is 34.5 Å². The first kappa shape index (κ1) is 18.6. The first-order valence-electron chi connectivity index (χ1n) is 9.21. The van der Waals surface area contributed by atoms with Gasteiger partial charge in [0.05, 0.1) is 11.8 Å². The first-order chi connectivity index (χ1) is 14.7. The van der Waals surface area contributed by atoms with Gasteiger partial charge in [0, 0.05) is 5.56 Å². The van der Waals surface area contributed by atoms with E-state index in [0.717, 1.165) is 11.1 Å². The number of nitrogens with one attached hydrogen (secondary N) is 1. The van der Waals surface area contributed by atoms with Gasteiger partial charge in [0.1, 0.15) is 0 Å². The quantitative estimate of drug-likeness (QED) is 0.594. The lowest BCUT2D eigenvalue weighted by atomic mass is 10.1. The number of benzene rings is 2. The van der Waals surface area contributed by atoms with Crippen molar-refractivity contribution < 1.29 is 28.2 Å². The van der Waals surface area contributed by atoms with Crippen LogP contribution in [0.2, 0.25) is 0 Å². The lowest BCUT2D eigenvalue weighted by Crippen LogP contribution is -2.28. The van der Waals surface area contributed by atoms with Crippen LogP contribution in [0.5, 0.6) is 23.0 Å². The SMILES string of the molecule is CC(NC(=O)CSc1nnc(-c2ccc3c(c2)OCO3)o1)c1ccc2c(c1)OCO2. The Kier molecular flexibility index (Phi) is 4.83. The van der Waals surface area contributed by atoms with Crippen molar-refractivity contribution in [2.24, 2.45) is 0 Å². The van der Waals surface area contributed by atoms with Crippen LogP contribution in [0, 0.1) is 0 Å². The van der Waals surface area contributed by atoms with Gasteiger partial charge in [-0.25, -0.2) is 0 Å². The average molecular weight is 427 g/mol. The smallest absolute Gasteiger partial charge is 0.277 e. The predicted octanol–water partition coefficient (Wildman–Crippen LogP) is 3.16. The van der Waals surface area contributed by atoms with Gasteiger partial charge in [-0.2, -0.15) is 0 Å². The number of aromatic nitrogens is 2. The monoisotopic (exact) mass is 427 g/mol. The highest BCUT2D eigenvalue weighted by Crippen LogP contribution is 2.36. The van der Waals surface area contributed by atoms with Crippen LogP contribution >= 0.6 is 11.8 Å². The van der Waals surface area contributed by atoms with Gasteiger partial charge in [-0.1, -0.05) is 17.8 Å². The molecule has 0 spiro atoms. The third-order valence-electron chi connectivity index (χ3n) is 4.63. The van der Waals surface area contributed by atoms with E-state index in [1.54, 1.807) is 12.1 Å². The molecular formula is C20H17N3O6S. The van der Waals surface area contributed by atoms with Crippen molar-refractivity contribution in [1.29, 1.82) is 0 Å². The Balaban J connectivity index is 1.17. The number of rotatable bonds is 6. The zero-order chi connectivity index (χ0) is 20.5. The van der Waals surface area contributed by atoms with Crippen molar-refractivity contribution >= 4 is 17.7 Å². The third-order valence-corrected chi connectivity index (χ3v) is 5.45. The molecule has 3 aromatic rings. The van der Waals surface area contributed by atoms with Crippen LogP contribution in [0.25, 0.3) is 11.5 Å². The summed E-state index contributed by atoms with van der Waals surface area (Å²) in [5.41, 5.74) is 1.65. The zero-order valence-electron chi connectivity index (χ0n) is 15.9. The van der Waals surface area contributed by atoms with Crippen LogP contribution in [-0.2, 0) is 4.79 Å². The summed E-state index contributed by atoms with van der Waals surface area (Å²) in [7, 11) is 0. The largest absolute Gasteiger partial charge is 0.454 e. The van der Waals surface area contributed by atoms with Gasteiger partial charge in [0.2, 0.25) is 25.4 Å². The molecule has 0 saturated carbocycles. The maximum absolute atomic E-state index is 12.3. The minimum Gasteiger partial charge on any atom is -0.454 e. The highest BCUT2D eigenvalue weighted by molar-refractivity contribution is 7.99. The summed E-state index contributed by atoms with van der Waals surface area (Å²) in [5.74, 6) is 3.07. The fourth-order valence-corrected chi connectivity index (χ4v) is 3.66. The Hall–Kier alpha value is -3.40. The number of hydrogen-bond donors (Lipinski definition) is 1. The minimum atomic E-state index is -0.181. The van der Waals surface area contributed by atoms with Crippen molar-refractivity contribution in [2.45, 2.75) is 18.2 Å². The Morgan fingerprint density at radius 1 is 1.00 bits per heavy atom. The maximum Gasteiger partial charge on any atom is 0.277 e. The van der Waals surface area contributed by atoms with E-state index < -0.39 is 0 Å². The molecule has 1 atom stereocenters. The highest BCUT2D eigenvalue weighted by Gasteiger charge is 2.19. The predicted molar refractivity (Wildman–Crippen MR) is 106 cm³/mol. The molecule has 9 nitrogen and oxygen atoms in total. The maximum atomic E-state index is 12.3. The van der Waals surface area contributed by atoms with Crippen molar-refractivity contribution in [3.63, 3.8) is 0 Å². The second-order valence-corrected chi connectivity index (χ2v) is 7.56. The number of amides is 1. The third kappa shape index (κ3) is 3.73. The molecule has 1 aromatic heterocycles. The number of hydrogen-bond acceptors (Lipinski definition) is 9. The summed E-state index contributed by atoms with van der Waals surface area (Å²) in [6, 6.07) is 10.8. The lowest BCUT2D eigenvalue weighted by Gasteiger charge is -2.14. The molecule has 2 aromatic carbocycles. The van der Waals surface area contributed by atoms with Gasteiger partial charge in [0.15, 0.2) is 23.0 Å². The molecule has 1 N–H and O–H groups in total. The first-order valence-corrected chi connectivity index (χ1v) is 10.2. The van der Waals surface area contributed by atoms with E-state index in [4.69, 9.17) is 23.4 Å². The zero-order valence-corrected chi connectivity index (χ0v) is 16.7. The molecule has 154 valence electrons. The molecule has 30 heavy (non-hydrogen) atoms. The van der Waals surface area contributed by atoms with Gasteiger partial charge in [0.25, 0.3) is 5.22 Å². The molecule has 0 bridgehead atoms. The summed E-state index contributed by atoms with van der Waals surface area (Å²) in [6.45, 7) is 2.32. The molecule has 1 unspecified atom stereocenters. The van der Waals surface area contributed by atoms with Gasteiger partial charge < -0.3 is 28.7 Å². The van der Waals surface area contributed by atoms with E-state index in [2.05, 4.69) is 15.5 Å². The summed E-state index contributed by atoms with van der Waals surface area (Å²) in [5, 5.41) is 11.3. The molecular weight excluding hydrogens is 410 g/mol. The van der Waals surface area contributed by atoms with Crippen LogP contribution in [0.3, 0.4) is 0 Å². The van der Waals surface area contributed by atoms with E-state index in [-0.39, 0.29) is 31.3 Å². The van der Waals surface area contributed by atoms with Gasteiger partial charge in [-0.3, -0.25) is 4.79 Å². The van der Waals surface area contributed by atoms with E-state index in [0.29, 0.717) is 34.1 Å². The van der Waals surface area contributed by atoms with Crippen LogP contribution in [0.4, 0.5) is 0 Å². The van der Waals surface area contributed by atoms with E-state index in [9.17, 15) is 4.79 Å². The fraction of sp³-hybridized carbons (Fsp3) is 0.250. The van der Waals surface area contributed by atoms with E-state index in [1.165, 1.54) is 11.8 Å². The Morgan fingerprint density at radius 2 is 1.70 bits per heavy atom. The van der Waals surface area contributed by atoms with Crippen LogP contribution in [0.1, 0.15) is 18.5 Å². The van der Waals surface area contributed by atoms with Crippen molar-refractivity contribution in [2.75, 3.05) is 19.3 Å². The second-order valence-electron chi connectivity index (χ2n) is 6.63. The van der Waals surface area contributed by atoms with Gasteiger partial charge in [-0.05, 0) is 42.8 Å². The summed E-state index contributed by atoms with van der Waals surface area (Å²) in [6.07, 6.45) is 0. The van der Waals surface area contributed by atoms with E-state index in [1.807, 2.05) is 31.2 Å². The summed E-state index contributed by atoms with van der Waals surface area (Å²) in [4.78, 5) is 12.3. The van der Waals surface area contributed by atoms with Crippen molar-refractivity contribution in [1.82, 2.24) is 15.5 Å². The molecule has 5 rings (SSSR count). The molecule has 2 aliphatic heterocycles. The van der Waals surface area contributed by atoms with E-state index >= 15 is 0 Å². The van der Waals surface area contributed by atoms with Crippen LogP contribution in [-0.4, -0.2) is 35.4 Å². The summed E-state index contributed by atoms with van der Waals surface area (Å²) < 4.78 is 27.0. The average Bonchev–Trinajstić information content (AvgIpc) is 3.51. The molecule has 0 saturated heterocycles. The van der Waals surface area contributed by atoms with Gasteiger partial charge in [-0.15, -0.1) is 10.2 Å². The molecule has 1 amide bonds. The number of nitrogens with zero attached hydrogens (tertiary/aromatic N) is 2. The number of carbonyl (C=O) groups excluding carboxylic acids is 1. The molecule has 2 aliphatic rings. The topological polar surface area (TPSA) is 105 Å². The second kappa shape index (κ2) is 7.79. The molecule has 0 aliphatic carbocycles. The van der Waals surface area contributed by atoms with Crippen LogP contribution < -0.4 is 24.3 Å². The number of thioether (sulfide) groups is 1. The summed E-state index contributed by atoms with van der Waals surface area (Å²) >= 11 is 1.17. The highest BCUT2D eigenvalue weighted by atomic mass is 32.2. The fourth-order valence-electron chi connectivity index (χ4n) is 3.09. The molecule has 10 heteroatoms. The number of ether oxygens (including phenoxy) is 4. The van der Waals surface area contributed by atoms with Crippen LogP contribution in [0.15, 0.2) is 46.0 Å². The minimum absolute atomic E-state index is 0.145.